The van der Waals surface area contributed by atoms with E-state index in [0.717, 1.165) is 0 Å². The van der Waals surface area contributed by atoms with Gasteiger partial charge in [-0.25, -0.2) is 13.5 Å². The van der Waals surface area contributed by atoms with Gasteiger partial charge in [0.25, 0.3) is 0 Å². The van der Waals surface area contributed by atoms with Crippen molar-refractivity contribution in [2.45, 2.75) is 5.75 Å². The summed E-state index contributed by atoms with van der Waals surface area (Å²) in [7, 11) is -3.58. The Hall–Kier alpha value is -2.40. The number of aromatic nitrogens is 3. The van der Waals surface area contributed by atoms with E-state index < -0.39 is 10.0 Å². The maximum absolute atomic E-state index is 11.8. The average molecular weight is 263 g/mol. The Morgan fingerprint density at radius 1 is 1.44 bits per heavy atom. The number of H-pyrrole nitrogens is 1. The first-order valence-electron chi connectivity index (χ1n) is 4.94. The van der Waals surface area contributed by atoms with Gasteiger partial charge in [-0.05, 0) is 17.7 Å². The van der Waals surface area contributed by atoms with Gasteiger partial charge in [-0.1, -0.05) is 12.1 Å². The molecule has 0 atom stereocenters. The number of anilines is 1. The second-order valence-electron chi connectivity index (χ2n) is 3.51. The minimum Gasteiger partial charge on any atom is -0.251 e. The number of hydrogen-bond donors (Lipinski definition) is 2. The fraction of sp³-hybridized carbons (Fsp3) is 0.100. The second-order valence-corrected chi connectivity index (χ2v) is 5.23. The van der Waals surface area contributed by atoms with Gasteiger partial charge in [-0.3, -0.25) is 4.72 Å². The van der Waals surface area contributed by atoms with Gasteiger partial charge in [0.2, 0.25) is 16.0 Å². The number of nitrogens with one attached hydrogen (secondary N) is 2. The number of benzene rings is 1. The molecule has 1 heterocycles. The molecule has 0 bridgehead atoms. The van der Waals surface area contributed by atoms with Gasteiger partial charge in [0.15, 0.2) is 0 Å². The summed E-state index contributed by atoms with van der Waals surface area (Å²) < 4.78 is 25.8. The lowest BCUT2D eigenvalue weighted by Gasteiger charge is -2.05. The summed E-state index contributed by atoms with van der Waals surface area (Å²) in [5.41, 5.74) is 0.948. The maximum Gasteiger partial charge on any atom is 0.239 e. The summed E-state index contributed by atoms with van der Waals surface area (Å²) in [5, 5.41) is 14.7. The lowest BCUT2D eigenvalue weighted by Crippen LogP contribution is -2.16. The molecular weight excluding hydrogens is 254 g/mol. The highest BCUT2D eigenvalue weighted by atomic mass is 32.2. The third-order valence-corrected chi connectivity index (χ3v) is 3.30. The third kappa shape index (κ3) is 3.05. The Morgan fingerprint density at radius 2 is 2.28 bits per heavy atom. The lowest BCUT2D eigenvalue weighted by atomic mass is 10.2. The van der Waals surface area contributed by atoms with E-state index in [0.29, 0.717) is 11.1 Å². The Balaban J connectivity index is 2.15. The molecule has 0 aliphatic carbocycles. The first kappa shape index (κ1) is 12.1. The van der Waals surface area contributed by atoms with Crippen molar-refractivity contribution in [3.63, 3.8) is 0 Å². The molecule has 2 rings (SSSR count). The Kier molecular flexibility index (Phi) is 3.25. The Labute approximate surface area is 104 Å². The van der Waals surface area contributed by atoms with Crippen LogP contribution in [0.15, 0.2) is 30.6 Å². The fourth-order valence-electron chi connectivity index (χ4n) is 1.39. The van der Waals surface area contributed by atoms with E-state index in [1.54, 1.807) is 18.2 Å². The van der Waals surface area contributed by atoms with E-state index >= 15 is 0 Å². The van der Waals surface area contributed by atoms with Crippen LogP contribution in [-0.2, 0) is 15.8 Å². The minimum atomic E-state index is -3.58. The number of rotatable bonds is 4. The highest BCUT2D eigenvalue weighted by Gasteiger charge is 2.13. The van der Waals surface area contributed by atoms with Crippen LogP contribution in [0.3, 0.4) is 0 Å². The quantitative estimate of drug-likeness (QED) is 0.839. The van der Waals surface area contributed by atoms with Crippen molar-refractivity contribution in [1.82, 2.24) is 15.2 Å². The highest BCUT2D eigenvalue weighted by Crippen LogP contribution is 2.10. The van der Waals surface area contributed by atoms with E-state index in [9.17, 15) is 8.42 Å². The zero-order chi connectivity index (χ0) is 13.0. The van der Waals surface area contributed by atoms with Crippen molar-refractivity contribution in [1.29, 1.82) is 5.26 Å². The van der Waals surface area contributed by atoms with Crippen molar-refractivity contribution in [2.75, 3.05) is 4.72 Å². The smallest absolute Gasteiger partial charge is 0.239 e. The van der Waals surface area contributed by atoms with Crippen LogP contribution < -0.4 is 4.72 Å². The molecule has 7 nitrogen and oxygen atoms in total. The molecule has 1 aromatic carbocycles. The third-order valence-electron chi connectivity index (χ3n) is 2.08. The number of sulfonamides is 1. The molecule has 0 saturated carbocycles. The van der Waals surface area contributed by atoms with Gasteiger partial charge in [0, 0.05) is 0 Å². The summed E-state index contributed by atoms with van der Waals surface area (Å²) in [6, 6.07) is 8.37. The van der Waals surface area contributed by atoms with Crippen LogP contribution in [-0.4, -0.2) is 23.6 Å². The molecular formula is C10H9N5O2S. The van der Waals surface area contributed by atoms with Gasteiger partial charge in [0.05, 0.1) is 17.4 Å². The Morgan fingerprint density at radius 3 is 2.94 bits per heavy atom. The lowest BCUT2D eigenvalue weighted by molar-refractivity contribution is 0.600. The first-order valence-corrected chi connectivity index (χ1v) is 6.59. The summed E-state index contributed by atoms with van der Waals surface area (Å²) in [6.45, 7) is 0. The van der Waals surface area contributed by atoms with Crippen LogP contribution in [0.4, 0.5) is 5.95 Å². The van der Waals surface area contributed by atoms with Crippen LogP contribution in [0, 0.1) is 11.3 Å². The molecule has 0 aliphatic heterocycles. The van der Waals surface area contributed by atoms with E-state index in [4.69, 9.17) is 5.26 Å². The number of aromatic amines is 1. The first-order chi connectivity index (χ1) is 8.59. The average Bonchev–Trinajstić information content (AvgIpc) is 2.80. The normalized spacial score (nSPS) is 10.8. The topological polar surface area (TPSA) is 112 Å². The van der Waals surface area contributed by atoms with Crippen LogP contribution in [0.2, 0.25) is 0 Å². The molecule has 1 aromatic heterocycles. The van der Waals surface area contributed by atoms with E-state index in [1.165, 1.54) is 12.4 Å². The summed E-state index contributed by atoms with van der Waals surface area (Å²) in [4.78, 5) is 3.67. The van der Waals surface area contributed by atoms with Crippen LogP contribution >= 0.6 is 0 Å². The predicted octanol–water partition coefficient (Wildman–Crippen LogP) is 0.618. The predicted molar refractivity (Wildman–Crippen MR) is 63.8 cm³/mol. The zero-order valence-electron chi connectivity index (χ0n) is 9.16. The summed E-state index contributed by atoms with van der Waals surface area (Å²) in [6.07, 6.45) is 1.20. The molecule has 0 amide bonds. The van der Waals surface area contributed by atoms with Crippen LogP contribution in [0.5, 0.6) is 0 Å². The monoisotopic (exact) mass is 263 g/mol. The molecule has 0 unspecified atom stereocenters. The van der Waals surface area contributed by atoms with Crippen LogP contribution in [0.25, 0.3) is 0 Å². The highest BCUT2D eigenvalue weighted by molar-refractivity contribution is 7.91. The Bertz CT molecular complexity index is 673. The maximum atomic E-state index is 11.8. The standard InChI is InChI=1S/C10H9N5O2S/c11-5-8-2-1-3-9(4-8)6-18(16,17)15-10-12-7-13-14-10/h1-4,7H,6H2,(H2,12,13,14,15). The van der Waals surface area contributed by atoms with Crippen molar-refractivity contribution in [2.24, 2.45) is 0 Å². The van der Waals surface area contributed by atoms with Gasteiger partial charge >= 0.3 is 0 Å². The molecule has 92 valence electrons. The number of nitrogens with zero attached hydrogens (tertiary/aromatic N) is 3. The fourth-order valence-corrected chi connectivity index (χ4v) is 2.47. The molecule has 8 heteroatoms. The van der Waals surface area contributed by atoms with E-state index in [2.05, 4.69) is 19.9 Å². The van der Waals surface area contributed by atoms with E-state index in [1.807, 2.05) is 6.07 Å². The molecule has 2 aromatic rings. The summed E-state index contributed by atoms with van der Waals surface area (Å²) >= 11 is 0. The molecule has 0 radical (unpaired) electrons. The van der Waals surface area contributed by atoms with Gasteiger partial charge in [0.1, 0.15) is 6.33 Å². The number of nitriles is 1. The van der Waals surface area contributed by atoms with Crippen molar-refractivity contribution < 1.29 is 8.42 Å². The molecule has 18 heavy (non-hydrogen) atoms. The van der Waals surface area contributed by atoms with Gasteiger partial charge < -0.3 is 0 Å². The molecule has 0 saturated heterocycles. The van der Waals surface area contributed by atoms with Crippen molar-refractivity contribution in [3.05, 3.63) is 41.7 Å². The van der Waals surface area contributed by atoms with Crippen molar-refractivity contribution >= 4 is 16.0 Å². The van der Waals surface area contributed by atoms with Crippen LogP contribution in [0.1, 0.15) is 11.1 Å². The minimum absolute atomic E-state index is 0.0615. The number of hydrogen-bond acceptors (Lipinski definition) is 5. The van der Waals surface area contributed by atoms with E-state index in [-0.39, 0.29) is 11.7 Å². The molecule has 2 N–H and O–H groups in total. The SMILES string of the molecule is N#Cc1cccc(CS(=O)(=O)Nc2ncn[nH]2)c1. The summed E-state index contributed by atoms with van der Waals surface area (Å²) in [5.74, 6) is -0.171. The zero-order valence-corrected chi connectivity index (χ0v) is 9.98. The largest absolute Gasteiger partial charge is 0.251 e. The van der Waals surface area contributed by atoms with Gasteiger partial charge in [-0.15, -0.1) is 0 Å². The molecule has 0 fully saturated rings. The van der Waals surface area contributed by atoms with Gasteiger partial charge in [-0.2, -0.15) is 15.3 Å². The second kappa shape index (κ2) is 4.85. The molecule has 0 spiro atoms. The van der Waals surface area contributed by atoms with Crippen molar-refractivity contribution in [3.8, 4) is 6.07 Å². The molecule has 0 aliphatic rings.